The fourth-order valence-electron chi connectivity index (χ4n) is 1.05. The Kier molecular flexibility index (Phi) is 4.20. The number of nitrogens with one attached hydrogen (secondary N) is 1. The molecule has 2 N–H and O–H groups in total. The Morgan fingerprint density at radius 2 is 2.25 bits per heavy atom. The van der Waals surface area contributed by atoms with Crippen LogP contribution < -0.4 is 5.32 Å². The van der Waals surface area contributed by atoms with E-state index >= 15 is 0 Å². The summed E-state index contributed by atoms with van der Waals surface area (Å²) in [4.78, 5) is 25.1. The molecule has 0 unspecified atom stereocenters. The lowest BCUT2D eigenvalue weighted by Crippen LogP contribution is -2.19. The molecule has 0 aliphatic carbocycles. The zero-order valence-electron chi connectivity index (χ0n) is 8.80. The van der Waals surface area contributed by atoms with Crippen molar-refractivity contribution in [1.82, 2.24) is 10.3 Å². The number of amides is 1. The first-order valence-electron chi connectivity index (χ1n) is 4.71. The number of carboxylic acids is 1. The lowest BCUT2D eigenvalue weighted by Gasteiger charge is -1.97. The van der Waals surface area contributed by atoms with Crippen LogP contribution in [0.3, 0.4) is 0 Å². The van der Waals surface area contributed by atoms with Gasteiger partial charge in [0, 0.05) is 13.5 Å². The van der Waals surface area contributed by atoms with Crippen molar-refractivity contribution in [3.8, 4) is 0 Å². The van der Waals surface area contributed by atoms with Crippen LogP contribution in [0.5, 0.6) is 0 Å². The van der Waals surface area contributed by atoms with Crippen molar-refractivity contribution < 1.29 is 14.7 Å². The molecule has 0 spiro atoms. The van der Waals surface area contributed by atoms with E-state index in [0.29, 0.717) is 12.2 Å². The Balaban J connectivity index is 2.63. The zero-order valence-corrected chi connectivity index (χ0v) is 8.80. The average Bonchev–Trinajstić information content (AvgIpc) is 2.24. The van der Waals surface area contributed by atoms with Gasteiger partial charge in [0.2, 0.25) is 5.91 Å². The van der Waals surface area contributed by atoms with Gasteiger partial charge in [0.1, 0.15) is 5.69 Å². The Morgan fingerprint density at radius 1 is 1.50 bits per heavy atom. The maximum absolute atomic E-state index is 10.6. The Morgan fingerprint density at radius 3 is 2.88 bits per heavy atom. The van der Waals surface area contributed by atoms with Crippen molar-refractivity contribution in [2.24, 2.45) is 0 Å². The molecule has 1 aromatic heterocycles. The third-order valence-corrected chi connectivity index (χ3v) is 1.75. The molecule has 0 saturated carbocycles. The van der Waals surface area contributed by atoms with E-state index in [9.17, 15) is 9.59 Å². The first-order chi connectivity index (χ1) is 7.59. The van der Waals surface area contributed by atoms with Crippen LogP contribution in [0.15, 0.2) is 24.3 Å². The molecule has 5 nitrogen and oxygen atoms in total. The first kappa shape index (κ1) is 11.9. The maximum atomic E-state index is 10.6. The standard InChI is InChI=1S/C11H12N2O3/c1-8(14)12-7-3-5-9-4-2-6-10(13-9)11(15)16/h2-6H,7H2,1H3,(H,12,14)(H,15,16). The summed E-state index contributed by atoms with van der Waals surface area (Å²) in [6.07, 6.45) is 3.36. The van der Waals surface area contributed by atoms with Crippen molar-refractivity contribution in [3.05, 3.63) is 35.7 Å². The van der Waals surface area contributed by atoms with Gasteiger partial charge in [-0.05, 0) is 18.2 Å². The monoisotopic (exact) mass is 220 g/mol. The Bertz CT molecular complexity index is 427. The summed E-state index contributed by atoms with van der Waals surface area (Å²) in [5, 5.41) is 11.3. The van der Waals surface area contributed by atoms with E-state index in [1.54, 1.807) is 24.3 Å². The summed E-state index contributed by atoms with van der Waals surface area (Å²) in [5.41, 5.74) is 0.548. The van der Waals surface area contributed by atoms with Crippen LogP contribution >= 0.6 is 0 Å². The maximum Gasteiger partial charge on any atom is 0.354 e. The van der Waals surface area contributed by atoms with Crippen molar-refractivity contribution in [3.63, 3.8) is 0 Å². The van der Waals surface area contributed by atoms with Crippen LogP contribution in [0.1, 0.15) is 23.1 Å². The Hall–Kier alpha value is -2.17. The molecule has 16 heavy (non-hydrogen) atoms. The molecule has 1 amide bonds. The summed E-state index contributed by atoms with van der Waals surface area (Å²) >= 11 is 0. The molecule has 0 aromatic carbocycles. The number of pyridine rings is 1. The van der Waals surface area contributed by atoms with Crippen molar-refractivity contribution >= 4 is 18.0 Å². The van der Waals surface area contributed by atoms with Gasteiger partial charge in [0.15, 0.2) is 0 Å². The van der Waals surface area contributed by atoms with E-state index in [1.165, 1.54) is 13.0 Å². The molecule has 1 aromatic rings. The van der Waals surface area contributed by atoms with E-state index in [-0.39, 0.29) is 11.6 Å². The number of carbonyl (C=O) groups excluding carboxylic acids is 1. The van der Waals surface area contributed by atoms with Gasteiger partial charge in [-0.3, -0.25) is 4.79 Å². The molecule has 1 rings (SSSR count). The van der Waals surface area contributed by atoms with Gasteiger partial charge in [0.05, 0.1) is 5.69 Å². The van der Waals surface area contributed by atoms with Crippen LogP contribution in [0.2, 0.25) is 0 Å². The average molecular weight is 220 g/mol. The summed E-state index contributed by atoms with van der Waals surface area (Å²) in [7, 11) is 0. The van der Waals surface area contributed by atoms with Gasteiger partial charge in [-0.25, -0.2) is 9.78 Å². The molecule has 0 atom stereocenters. The predicted molar refractivity (Wildman–Crippen MR) is 58.9 cm³/mol. The highest BCUT2D eigenvalue weighted by Gasteiger charge is 2.02. The van der Waals surface area contributed by atoms with Gasteiger partial charge in [-0.15, -0.1) is 0 Å². The van der Waals surface area contributed by atoms with Gasteiger partial charge >= 0.3 is 5.97 Å². The summed E-state index contributed by atoms with van der Waals surface area (Å²) in [5.74, 6) is -1.17. The van der Waals surface area contributed by atoms with E-state index in [4.69, 9.17) is 5.11 Å². The number of rotatable bonds is 4. The highest BCUT2D eigenvalue weighted by molar-refractivity contribution is 5.85. The second-order valence-corrected chi connectivity index (χ2v) is 3.09. The second kappa shape index (κ2) is 5.65. The minimum absolute atomic E-state index is 0.00155. The van der Waals surface area contributed by atoms with Gasteiger partial charge in [-0.2, -0.15) is 0 Å². The van der Waals surface area contributed by atoms with Crippen LogP contribution in [0.4, 0.5) is 0 Å². The minimum atomic E-state index is -1.06. The van der Waals surface area contributed by atoms with Crippen LogP contribution in [-0.4, -0.2) is 28.5 Å². The van der Waals surface area contributed by atoms with Crippen LogP contribution in [0.25, 0.3) is 6.08 Å². The second-order valence-electron chi connectivity index (χ2n) is 3.09. The molecule has 0 aliphatic rings. The first-order valence-corrected chi connectivity index (χ1v) is 4.71. The lowest BCUT2D eigenvalue weighted by atomic mass is 10.3. The molecular weight excluding hydrogens is 208 g/mol. The quantitative estimate of drug-likeness (QED) is 0.791. The number of nitrogens with zero attached hydrogens (tertiary/aromatic N) is 1. The van der Waals surface area contributed by atoms with Gasteiger partial charge in [-0.1, -0.05) is 12.1 Å². The zero-order chi connectivity index (χ0) is 12.0. The molecule has 0 saturated heterocycles. The summed E-state index contributed by atoms with van der Waals surface area (Å²) in [6, 6.07) is 4.73. The molecule has 5 heteroatoms. The third kappa shape index (κ3) is 3.91. The Labute approximate surface area is 92.8 Å². The topological polar surface area (TPSA) is 79.3 Å². The molecule has 0 radical (unpaired) electrons. The number of carbonyl (C=O) groups is 2. The van der Waals surface area contributed by atoms with E-state index in [0.717, 1.165) is 0 Å². The SMILES string of the molecule is CC(=O)NCC=Cc1cccc(C(=O)O)n1. The van der Waals surface area contributed by atoms with E-state index in [1.807, 2.05) is 0 Å². The van der Waals surface area contributed by atoms with Crippen molar-refractivity contribution in [2.75, 3.05) is 6.54 Å². The smallest absolute Gasteiger partial charge is 0.354 e. The summed E-state index contributed by atoms with van der Waals surface area (Å²) < 4.78 is 0. The number of aromatic carboxylic acids is 1. The highest BCUT2D eigenvalue weighted by atomic mass is 16.4. The fourth-order valence-corrected chi connectivity index (χ4v) is 1.05. The summed E-state index contributed by atoms with van der Waals surface area (Å²) in [6.45, 7) is 1.82. The highest BCUT2D eigenvalue weighted by Crippen LogP contribution is 2.01. The molecule has 1 heterocycles. The van der Waals surface area contributed by atoms with E-state index < -0.39 is 5.97 Å². The van der Waals surface area contributed by atoms with Gasteiger partial charge < -0.3 is 10.4 Å². The minimum Gasteiger partial charge on any atom is -0.477 e. The normalized spacial score (nSPS) is 10.3. The molecule has 0 aliphatic heterocycles. The third-order valence-electron chi connectivity index (χ3n) is 1.75. The predicted octanol–water partition coefficient (Wildman–Crippen LogP) is 0.929. The largest absolute Gasteiger partial charge is 0.477 e. The lowest BCUT2D eigenvalue weighted by molar-refractivity contribution is -0.118. The number of carboxylic acid groups (broad SMARTS) is 1. The van der Waals surface area contributed by atoms with Crippen molar-refractivity contribution in [2.45, 2.75) is 6.92 Å². The van der Waals surface area contributed by atoms with Crippen LogP contribution in [0, 0.1) is 0 Å². The molecule has 0 bridgehead atoms. The number of hydrogen-bond acceptors (Lipinski definition) is 3. The van der Waals surface area contributed by atoms with Gasteiger partial charge in [0.25, 0.3) is 0 Å². The molecule has 84 valence electrons. The van der Waals surface area contributed by atoms with Crippen LogP contribution in [-0.2, 0) is 4.79 Å². The number of aromatic nitrogens is 1. The fraction of sp³-hybridized carbons (Fsp3) is 0.182. The molecular formula is C11H12N2O3. The number of hydrogen-bond donors (Lipinski definition) is 2. The van der Waals surface area contributed by atoms with E-state index in [2.05, 4.69) is 10.3 Å². The van der Waals surface area contributed by atoms with Crippen molar-refractivity contribution in [1.29, 1.82) is 0 Å². The molecule has 0 fully saturated rings.